The number of aryl methyl sites for hydroxylation is 1. The van der Waals surface area contributed by atoms with E-state index in [0.717, 1.165) is 11.3 Å². The quantitative estimate of drug-likeness (QED) is 0.649. The molecule has 3 rings (SSSR count). The van der Waals surface area contributed by atoms with Crippen molar-refractivity contribution in [3.8, 4) is 0 Å². The zero-order valence-corrected chi connectivity index (χ0v) is 12.7. The number of nitrogens with two attached hydrogens (primary N) is 1. The highest BCUT2D eigenvalue weighted by Gasteiger charge is 2.18. The fourth-order valence-corrected chi connectivity index (χ4v) is 2.82. The minimum absolute atomic E-state index is 0.0140. The van der Waals surface area contributed by atoms with Gasteiger partial charge in [0, 0.05) is 33.4 Å². The molecule has 1 heterocycles. The Balaban J connectivity index is 1.99. The number of fused-ring (bicyclic) bond motifs is 1. The van der Waals surface area contributed by atoms with E-state index in [4.69, 9.17) is 5.73 Å². The molecule has 0 atom stereocenters. The number of nitrogen functional groups attached to an aromatic ring is 1. The molecule has 0 saturated carbocycles. The summed E-state index contributed by atoms with van der Waals surface area (Å²) in [7, 11) is 0. The lowest BCUT2D eigenvalue weighted by atomic mass is 9.96. The van der Waals surface area contributed by atoms with Crippen molar-refractivity contribution >= 4 is 39.0 Å². The summed E-state index contributed by atoms with van der Waals surface area (Å²) in [6.07, 6.45) is 1.10. The van der Waals surface area contributed by atoms with Crippen LogP contribution in [0.4, 0.5) is 11.4 Å². The molecule has 0 fully saturated rings. The number of amides is 1. The van der Waals surface area contributed by atoms with Crippen LogP contribution in [0.15, 0.2) is 40.9 Å². The van der Waals surface area contributed by atoms with Gasteiger partial charge in [-0.05, 0) is 48.4 Å². The lowest BCUT2D eigenvalue weighted by Crippen LogP contribution is -2.19. The van der Waals surface area contributed by atoms with Crippen molar-refractivity contribution in [1.29, 1.82) is 0 Å². The van der Waals surface area contributed by atoms with Gasteiger partial charge >= 0.3 is 0 Å². The average molecular weight is 345 g/mol. The monoisotopic (exact) mass is 344 g/mol. The number of ketones is 1. The zero-order valence-electron chi connectivity index (χ0n) is 11.2. The summed E-state index contributed by atoms with van der Waals surface area (Å²) < 4.78 is 0.715. The first-order valence-electron chi connectivity index (χ1n) is 6.57. The van der Waals surface area contributed by atoms with E-state index in [1.54, 1.807) is 30.3 Å². The molecule has 106 valence electrons. The first kappa shape index (κ1) is 13.8. The van der Waals surface area contributed by atoms with Gasteiger partial charge in [-0.15, -0.1) is 0 Å². The van der Waals surface area contributed by atoms with E-state index in [9.17, 15) is 9.59 Å². The van der Waals surface area contributed by atoms with E-state index in [1.807, 2.05) is 6.07 Å². The van der Waals surface area contributed by atoms with Gasteiger partial charge in [-0.3, -0.25) is 9.59 Å². The standard InChI is InChI=1S/C16H13BrN2O2/c17-13-4-3-11(18)8-12(13)16(21)10-1-5-14-9(7-10)2-6-15(20)19-14/h1,3-5,7-8H,2,6,18H2,(H,19,20). The second kappa shape index (κ2) is 5.33. The van der Waals surface area contributed by atoms with Crippen molar-refractivity contribution in [2.24, 2.45) is 0 Å². The van der Waals surface area contributed by atoms with Crippen LogP contribution in [0, 0.1) is 0 Å². The van der Waals surface area contributed by atoms with Crippen molar-refractivity contribution in [1.82, 2.24) is 0 Å². The molecule has 1 aliphatic rings. The Kier molecular flexibility index (Phi) is 3.51. The Morgan fingerprint density at radius 1 is 1.14 bits per heavy atom. The second-order valence-electron chi connectivity index (χ2n) is 4.99. The molecule has 0 aromatic heterocycles. The van der Waals surface area contributed by atoms with Crippen LogP contribution in [0.3, 0.4) is 0 Å². The number of hydrogen-bond donors (Lipinski definition) is 2. The fraction of sp³-hybridized carbons (Fsp3) is 0.125. The summed E-state index contributed by atoms with van der Waals surface area (Å²) in [6.45, 7) is 0. The molecule has 0 saturated heterocycles. The topological polar surface area (TPSA) is 72.2 Å². The highest BCUT2D eigenvalue weighted by Crippen LogP contribution is 2.27. The molecular formula is C16H13BrN2O2. The molecule has 0 radical (unpaired) electrons. The van der Waals surface area contributed by atoms with Gasteiger partial charge in [0.1, 0.15) is 0 Å². The molecule has 21 heavy (non-hydrogen) atoms. The number of benzene rings is 2. The molecule has 1 amide bonds. The molecule has 2 aromatic carbocycles. The minimum Gasteiger partial charge on any atom is -0.399 e. The number of carbonyl (C=O) groups excluding carboxylic acids is 2. The third-order valence-corrected chi connectivity index (χ3v) is 4.19. The molecule has 4 nitrogen and oxygen atoms in total. The first-order valence-corrected chi connectivity index (χ1v) is 7.36. The molecule has 2 aromatic rings. The van der Waals surface area contributed by atoms with Crippen molar-refractivity contribution in [2.75, 3.05) is 11.1 Å². The smallest absolute Gasteiger partial charge is 0.224 e. The fourth-order valence-electron chi connectivity index (χ4n) is 2.40. The first-order chi connectivity index (χ1) is 10.0. The Morgan fingerprint density at radius 3 is 2.76 bits per heavy atom. The van der Waals surface area contributed by atoms with Crippen molar-refractivity contribution in [2.45, 2.75) is 12.8 Å². The number of anilines is 2. The van der Waals surface area contributed by atoms with Crippen LogP contribution < -0.4 is 11.1 Å². The summed E-state index contributed by atoms with van der Waals surface area (Å²) in [6, 6.07) is 10.5. The maximum atomic E-state index is 12.6. The van der Waals surface area contributed by atoms with Crippen LogP contribution in [-0.4, -0.2) is 11.7 Å². The van der Waals surface area contributed by atoms with Gasteiger partial charge in [-0.2, -0.15) is 0 Å². The Hall–Kier alpha value is -2.14. The lowest BCUT2D eigenvalue weighted by Gasteiger charge is -2.17. The van der Waals surface area contributed by atoms with Gasteiger partial charge in [-0.1, -0.05) is 15.9 Å². The largest absolute Gasteiger partial charge is 0.399 e. The van der Waals surface area contributed by atoms with Gasteiger partial charge in [0.05, 0.1) is 0 Å². The van der Waals surface area contributed by atoms with E-state index in [1.165, 1.54) is 0 Å². The van der Waals surface area contributed by atoms with E-state index < -0.39 is 0 Å². The molecule has 0 aliphatic carbocycles. The average Bonchev–Trinajstić information content (AvgIpc) is 2.48. The molecule has 3 N–H and O–H groups in total. The molecule has 0 bridgehead atoms. The summed E-state index contributed by atoms with van der Waals surface area (Å²) in [5.74, 6) is -0.0750. The summed E-state index contributed by atoms with van der Waals surface area (Å²) in [4.78, 5) is 23.9. The van der Waals surface area contributed by atoms with E-state index in [0.29, 0.717) is 34.1 Å². The SMILES string of the molecule is Nc1ccc(Br)c(C(=O)c2ccc3c(c2)CCC(=O)N3)c1. The maximum Gasteiger partial charge on any atom is 0.224 e. The highest BCUT2D eigenvalue weighted by atomic mass is 79.9. The van der Waals surface area contributed by atoms with Gasteiger partial charge < -0.3 is 11.1 Å². The second-order valence-corrected chi connectivity index (χ2v) is 5.84. The Bertz CT molecular complexity index is 756. The van der Waals surface area contributed by atoms with Crippen LogP contribution in [0.2, 0.25) is 0 Å². The van der Waals surface area contributed by atoms with Gasteiger partial charge in [-0.25, -0.2) is 0 Å². The van der Waals surface area contributed by atoms with Crippen molar-refractivity contribution < 1.29 is 9.59 Å². The third-order valence-electron chi connectivity index (χ3n) is 3.50. The highest BCUT2D eigenvalue weighted by molar-refractivity contribution is 9.10. The number of hydrogen-bond acceptors (Lipinski definition) is 3. The Labute approximate surface area is 130 Å². The molecule has 5 heteroatoms. The zero-order chi connectivity index (χ0) is 15.0. The predicted octanol–water partition coefficient (Wildman–Crippen LogP) is 3.15. The van der Waals surface area contributed by atoms with Crippen LogP contribution >= 0.6 is 15.9 Å². The van der Waals surface area contributed by atoms with Crippen LogP contribution in [0.1, 0.15) is 27.9 Å². The maximum absolute atomic E-state index is 12.6. The molecular weight excluding hydrogens is 332 g/mol. The van der Waals surface area contributed by atoms with Gasteiger partial charge in [0.25, 0.3) is 0 Å². The van der Waals surface area contributed by atoms with Gasteiger partial charge in [0.15, 0.2) is 5.78 Å². The van der Waals surface area contributed by atoms with Crippen LogP contribution in [-0.2, 0) is 11.2 Å². The third kappa shape index (κ3) is 2.69. The Morgan fingerprint density at radius 2 is 1.95 bits per heavy atom. The minimum atomic E-state index is -0.0890. The molecule has 0 unspecified atom stereocenters. The van der Waals surface area contributed by atoms with Crippen LogP contribution in [0.5, 0.6) is 0 Å². The number of carbonyl (C=O) groups is 2. The predicted molar refractivity (Wildman–Crippen MR) is 85.4 cm³/mol. The number of halogens is 1. The van der Waals surface area contributed by atoms with E-state index in [-0.39, 0.29) is 11.7 Å². The van der Waals surface area contributed by atoms with Crippen molar-refractivity contribution in [3.05, 3.63) is 57.6 Å². The van der Waals surface area contributed by atoms with E-state index in [2.05, 4.69) is 21.2 Å². The number of nitrogens with one attached hydrogen (secondary N) is 1. The van der Waals surface area contributed by atoms with Gasteiger partial charge in [0.2, 0.25) is 5.91 Å². The lowest BCUT2D eigenvalue weighted by molar-refractivity contribution is -0.116. The normalized spacial score (nSPS) is 13.5. The number of rotatable bonds is 2. The van der Waals surface area contributed by atoms with Crippen molar-refractivity contribution in [3.63, 3.8) is 0 Å². The summed E-state index contributed by atoms with van der Waals surface area (Å²) in [5, 5.41) is 2.81. The van der Waals surface area contributed by atoms with Crippen LogP contribution in [0.25, 0.3) is 0 Å². The summed E-state index contributed by atoms with van der Waals surface area (Å²) in [5.41, 5.74) is 9.20. The molecule has 0 spiro atoms. The van der Waals surface area contributed by atoms with E-state index >= 15 is 0 Å². The molecule has 1 aliphatic heterocycles. The summed E-state index contributed by atoms with van der Waals surface area (Å²) >= 11 is 3.38.